The Bertz CT molecular complexity index is 1080. The maximum Gasteiger partial charge on any atom is 0.125 e. The van der Waals surface area contributed by atoms with Crippen LogP contribution in [0.2, 0.25) is 0 Å². The molecule has 4 heterocycles. The molecule has 1 saturated heterocycles. The van der Waals surface area contributed by atoms with Crippen LogP contribution >= 0.6 is 22.7 Å². The molecule has 0 spiro atoms. The normalized spacial score (nSPS) is 21.0. The summed E-state index contributed by atoms with van der Waals surface area (Å²) >= 11 is 3.51. The van der Waals surface area contributed by atoms with Gasteiger partial charge < -0.3 is 10.2 Å². The highest BCUT2D eigenvalue weighted by molar-refractivity contribution is 7.18. The molecule has 1 N–H and O–H groups in total. The van der Waals surface area contributed by atoms with Crippen molar-refractivity contribution in [2.45, 2.75) is 25.3 Å². The maximum absolute atomic E-state index is 4.62. The van der Waals surface area contributed by atoms with E-state index in [1.54, 1.807) is 11.3 Å². The molecule has 0 aliphatic carbocycles. The number of pyridine rings is 1. The van der Waals surface area contributed by atoms with Crippen LogP contribution in [0.5, 0.6) is 0 Å². The maximum atomic E-state index is 4.62. The van der Waals surface area contributed by atoms with Gasteiger partial charge in [0.25, 0.3) is 0 Å². The number of rotatable bonds is 3. The van der Waals surface area contributed by atoms with E-state index in [1.807, 2.05) is 23.0 Å². The predicted octanol–water partition coefficient (Wildman–Crippen LogP) is 5.46. The predicted molar refractivity (Wildman–Crippen MR) is 112 cm³/mol. The average Bonchev–Trinajstić information content (AvgIpc) is 3.34. The summed E-state index contributed by atoms with van der Waals surface area (Å²) in [5.74, 6) is 0.610. The monoisotopic (exact) mass is 380 g/mol. The van der Waals surface area contributed by atoms with Crippen LogP contribution in [0.3, 0.4) is 0 Å². The summed E-state index contributed by atoms with van der Waals surface area (Å²) in [7, 11) is 2.22. The summed E-state index contributed by atoms with van der Waals surface area (Å²) in [5, 5.41) is 4.79. The van der Waals surface area contributed by atoms with Gasteiger partial charge in [-0.3, -0.25) is 0 Å². The number of aromatic nitrogens is 2. The molecule has 0 saturated carbocycles. The number of thiazole rings is 1. The highest BCUT2D eigenvalue weighted by atomic mass is 32.1. The molecule has 5 rings (SSSR count). The lowest BCUT2D eigenvalue weighted by Crippen LogP contribution is -2.24. The van der Waals surface area contributed by atoms with E-state index in [4.69, 9.17) is 0 Å². The van der Waals surface area contributed by atoms with Crippen molar-refractivity contribution in [3.05, 3.63) is 46.9 Å². The van der Waals surface area contributed by atoms with Crippen molar-refractivity contribution in [2.24, 2.45) is 0 Å². The molecule has 6 heteroatoms. The van der Waals surface area contributed by atoms with E-state index in [2.05, 4.69) is 64.5 Å². The van der Waals surface area contributed by atoms with E-state index in [0.29, 0.717) is 12.0 Å². The molecule has 2 unspecified atom stereocenters. The number of nitrogens with one attached hydrogen (secondary N) is 1. The molecule has 0 radical (unpaired) electrons. The summed E-state index contributed by atoms with van der Waals surface area (Å²) in [6.45, 7) is 3.50. The van der Waals surface area contributed by atoms with Crippen molar-refractivity contribution in [2.75, 3.05) is 18.9 Å². The quantitative estimate of drug-likeness (QED) is 0.512. The minimum absolute atomic E-state index is 0.589. The van der Waals surface area contributed by atoms with Crippen LogP contribution in [-0.4, -0.2) is 34.5 Å². The minimum Gasteiger partial charge on any atom is -0.355 e. The van der Waals surface area contributed by atoms with Gasteiger partial charge in [0.05, 0.1) is 21.4 Å². The summed E-state index contributed by atoms with van der Waals surface area (Å²) in [6, 6.07) is 11.4. The summed E-state index contributed by atoms with van der Waals surface area (Å²) in [5.41, 5.74) is 5.12. The van der Waals surface area contributed by atoms with Gasteiger partial charge in [-0.15, -0.1) is 22.7 Å². The fourth-order valence-corrected chi connectivity index (χ4v) is 5.73. The van der Waals surface area contributed by atoms with Gasteiger partial charge in [-0.2, -0.15) is 0 Å². The molecule has 1 aliphatic rings. The number of likely N-dealkylation sites (tertiary alicyclic amines) is 1. The summed E-state index contributed by atoms with van der Waals surface area (Å²) in [4.78, 5) is 14.0. The standard InChI is InChI=1S/C20H20N4S2/c1-12-14(6-8-24(12)2)19-10-15-16(5-7-21-20(15)26-19)23-13-3-4-18-17(9-13)22-11-25-18/h3-5,7,9-12,14H,6,8H2,1-2H3,(H,21,23). The van der Waals surface area contributed by atoms with Crippen LogP contribution in [0.4, 0.5) is 11.4 Å². The molecular weight excluding hydrogens is 360 g/mol. The number of hydrogen-bond acceptors (Lipinski definition) is 6. The first-order valence-electron chi connectivity index (χ1n) is 8.88. The Balaban J connectivity index is 1.51. The zero-order chi connectivity index (χ0) is 17.7. The first-order chi connectivity index (χ1) is 12.7. The van der Waals surface area contributed by atoms with Gasteiger partial charge in [0.15, 0.2) is 0 Å². The van der Waals surface area contributed by atoms with E-state index >= 15 is 0 Å². The summed E-state index contributed by atoms with van der Waals surface area (Å²) < 4.78 is 1.22. The topological polar surface area (TPSA) is 41.1 Å². The summed E-state index contributed by atoms with van der Waals surface area (Å²) in [6.07, 6.45) is 3.13. The second-order valence-corrected chi connectivity index (χ2v) is 8.95. The van der Waals surface area contributed by atoms with E-state index in [1.165, 1.54) is 27.9 Å². The zero-order valence-corrected chi connectivity index (χ0v) is 16.4. The Morgan fingerprint density at radius 2 is 2.12 bits per heavy atom. The Morgan fingerprint density at radius 3 is 2.96 bits per heavy atom. The first kappa shape index (κ1) is 16.2. The number of nitrogens with zero attached hydrogens (tertiary/aromatic N) is 3. The Labute approximate surface area is 160 Å². The molecule has 1 aliphatic heterocycles. The van der Waals surface area contributed by atoms with E-state index in [9.17, 15) is 0 Å². The fraction of sp³-hybridized carbons (Fsp3) is 0.300. The van der Waals surface area contributed by atoms with Crippen molar-refractivity contribution >= 4 is 54.5 Å². The largest absolute Gasteiger partial charge is 0.355 e. The van der Waals surface area contributed by atoms with E-state index < -0.39 is 0 Å². The fourth-order valence-electron chi connectivity index (χ4n) is 3.82. The lowest BCUT2D eigenvalue weighted by atomic mass is 9.99. The second-order valence-electron chi connectivity index (χ2n) is 7.00. The zero-order valence-electron chi connectivity index (χ0n) is 14.8. The molecule has 132 valence electrons. The molecule has 2 atom stereocenters. The molecule has 1 aromatic carbocycles. The number of anilines is 2. The van der Waals surface area contributed by atoms with Crippen molar-refractivity contribution in [3.63, 3.8) is 0 Å². The average molecular weight is 381 g/mol. The van der Waals surface area contributed by atoms with Gasteiger partial charge in [-0.05, 0) is 57.3 Å². The van der Waals surface area contributed by atoms with Gasteiger partial charge in [-0.1, -0.05) is 0 Å². The molecule has 26 heavy (non-hydrogen) atoms. The van der Waals surface area contributed by atoms with Crippen molar-refractivity contribution in [1.29, 1.82) is 0 Å². The molecule has 4 nitrogen and oxygen atoms in total. The van der Waals surface area contributed by atoms with Crippen LogP contribution in [0, 0.1) is 0 Å². The van der Waals surface area contributed by atoms with Gasteiger partial charge in [-0.25, -0.2) is 9.97 Å². The van der Waals surface area contributed by atoms with Crippen molar-refractivity contribution in [1.82, 2.24) is 14.9 Å². The highest BCUT2D eigenvalue weighted by Crippen LogP contribution is 2.40. The molecular formula is C20H20N4S2. The van der Waals surface area contributed by atoms with Gasteiger partial charge in [0.1, 0.15) is 4.83 Å². The number of likely N-dealkylation sites (N-methyl/N-ethyl adjacent to an activating group) is 1. The first-order valence-corrected chi connectivity index (χ1v) is 10.6. The van der Waals surface area contributed by atoms with E-state index in [0.717, 1.165) is 21.7 Å². The molecule has 1 fully saturated rings. The van der Waals surface area contributed by atoms with Crippen LogP contribution in [0.15, 0.2) is 42.0 Å². The number of hydrogen-bond donors (Lipinski definition) is 1. The second kappa shape index (κ2) is 6.30. The number of fused-ring (bicyclic) bond motifs is 2. The van der Waals surface area contributed by atoms with Crippen LogP contribution in [-0.2, 0) is 0 Å². The van der Waals surface area contributed by atoms with Crippen molar-refractivity contribution in [3.8, 4) is 0 Å². The van der Waals surface area contributed by atoms with Crippen LogP contribution in [0.1, 0.15) is 24.1 Å². The highest BCUT2D eigenvalue weighted by Gasteiger charge is 2.30. The third-order valence-corrected chi connectivity index (χ3v) is 7.48. The Morgan fingerprint density at radius 1 is 1.19 bits per heavy atom. The lowest BCUT2D eigenvalue weighted by molar-refractivity contribution is 0.319. The smallest absolute Gasteiger partial charge is 0.125 e. The third-order valence-electron chi connectivity index (χ3n) is 5.50. The molecule has 0 amide bonds. The Hall–Kier alpha value is -2.02. The Kier molecular flexibility index (Phi) is 3.92. The van der Waals surface area contributed by atoms with E-state index in [-0.39, 0.29) is 0 Å². The molecule has 3 aromatic heterocycles. The van der Waals surface area contributed by atoms with Crippen LogP contribution in [0.25, 0.3) is 20.4 Å². The number of benzene rings is 1. The van der Waals surface area contributed by atoms with Gasteiger partial charge >= 0.3 is 0 Å². The molecule has 0 bridgehead atoms. The van der Waals surface area contributed by atoms with Gasteiger partial charge in [0, 0.05) is 34.1 Å². The van der Waals surface area contributed by atoms with Crippen LogP contribution < -0.4 is 5.32 Å². The SMILES string of the molecule is CC1C(c2cc3c(Nc4ccc5scnc5c4)ccnc3s2)CCN1C. The minimum atomic E-state index is 0.589. The van der Waals surface area contributed by atoms with Gasteiger partial charge in [0.2, 0.25) is 0 Å². The van der Waals surface area contributed by atoms with Crippen molar-refractivity contribution < 1.29 is 0 Å². The lowest BCUT2D eigenvalue weighted by Gasteiger charge is -2.19. The third kappa shape index (κ3) is 2.69. The molecule has 4 aromatic rings. The number of thiophene rings is 1.